The molecule has 2 aromatic heterocycles. The molecule has 1 aromatic carbocycles. The van der Waals surface area contributed by atoms with Crippen molar-refractivity contribution in [2.45, 2.75) is 26.2 Å². The zero-order valence-electron chi connectivity index (χ0n) is 17.9. The van der Waals surface area contributed by atoms with Gasteiger partial charge in [-0.05, 0) is 43.5 Å². The molecule has 4 heterocycles. The maximum Gasteiger partial charge on any atom is 0.309 e. The van der Waals surface area contributed by atoms with Crippen molar-refractivity contribution < 1.29 is 19.0 Å². The van der Waals surface area contributed by atoms with Gasteiger partial charge in [-0.3, -0.25) is 4.79 Å². The number of fused-ring (bicyclic) bond motifs is 2. The van der Waals surface area contributed by atoms with Gasteiger partial charge in [0.05, 0.1) is 23.6 Å². The van der Waals surface area contributed by atoms with Crippen LogP contribution >= 0.6 is 0 Å². The number of ether oxygens (including phenoxy) is 3. The molecule has 9 heteroatoms. The first-order valence-electron chi connectivity index (χ1n) is 10.8. The number of hydrogen-bond acceptors (Lipinski definition) is 9. The Bertz CT molecular complexity index is 1160. The van der Waals surface area contributed by atoms with Gasteiger partial charge in [0.1, 0.15) is 5.82 Å². The van der Waals surface area contributed by atoms with Crippen LogP contribution < -0.4 is 20.1 Å². The summed E-state index contributed by atoms with van der Waals surface area (Å²) in [6, 6.07) is 7.80. The van der Waals surface area contributed by atoms with E-state index in [0.717, 1.165) is 33.5 Å². The highest BCUT2D eigenvalue weighted by molar-refractivity contribution is 6.00. The molecular weight excluding hydrogens is 410 g/mol. The summed E-state index contributed by atoms with van der Waals surface area (Å²) in [4.78, 5) is 18.5. The van der Waals surface area contributed by atoms with Gasteiger partial charge in [0, 0.05) is 31.1 Å². The summed E-state index contributed by atoms with van der Waals surface area (Å²) in [5.74, 6) is 2.42. The zero-order valence-corrected chi connectivity index (χ0v) is 17.9. The van der Waals surface area contributed by atoms with E-state index in [9.17, 15) is 4.79 Å². The normalized spacial score (nSPS) is 15.8. The predicted molar refractivity (Wildman–Crippen MR) is 119 cm³/mol. The van der Waals surface area contributed by atoms with Gasteiger partial charge in [0.25, 0.3) is 0 Å². The van der Waals surface area contributed by atoms with E-state index in [0.29, 0.717) is 50.6 Å². The van der Waals surface area contributed by atoms with Crippen LogP contribution in [0.3, 0.4) is 0 Å². The van der Waals surface area contributed by atoms with Gasteiger partial charge in [-0.2, -0.15) is 5.10 Å². The molecule has 2 aliphatic heterocycles. The molecule has 32 heavy (non-hydrogen) atoms. The number of rotatable bonds is 5. The van der Waals surface area contributed by atoms with Crippen LogP contribution in [0.4, 0.5) is 11.6 Å². The van der Waals surface area contributed by atoms with Gasteiger partial charge < -0.3 is 24.8 Å². The molecule has 0 radical (unpaired) electrons. The summed E-state index contributed by atoms with van der Waals surface area (Å²) < 4.78 is 16.1. The highest BCUT2D eigenvalue weighted by Gasteiger charge is 2.28. The second-order valence-corrected chi connectivity index (χ2v) is 7.97. The molecule has 3 aromatic rings. The van der Waals surface area contributed by atoms with E-state index in [-0.39, 0.29) is 18.7 Å². The van der Waals surface area contributed by atoms with E-state index in [2.05, 4.69) is 20.1 Å². The Hall–Kier alpha value is -3.62. The van der Waals surface area contributed by atoms with Gasteiger partial charge in [0.15, 0.2) is 17.3 Å². The van der Waals surface area contributed by atoms with Crippen molar-refractivity contribution >= 4 is 28.4 Å². The van der Waals surface area contributed by atoms with Crippen LogP contribution in [-0.2, 0) is 16.0 Å². The Kier molecular flexibility index (Phi) is 5.38. The molecule has 2 N–H and O–H groups in total. The minimum absolute atomic E-state index is 0.0776. The summed E-state index contributed by atoms with van der Waals surface area (Å²) in [5.41, 5.74) is 8.16. The van der Waals surface area contributed by atoms with Crippen LogP contribution in [0.15, 0.2) is 30.5 Å². The Balaban J connectivity index is 1.43. The SMILES string of the molecule is CCOC(=O)C1CCN(c2nnc(Cc3ccc4c(c3)OCO4)c3ccnc(N)c23)CC1. The lowest BCUT2D eigenvalue weighted by Gasteiger charge is -2.32. The highest BCUT2D eigenvalue weighted by atomic mass is 16.7. The lowest BCUT2D eigenvalue weighted by molar-refractivity contribution is -0.148. The molecule has 9 nitrogen and oxygen atoms in total. The van der Waals surface area contributed by atoms with Crippen molar-refractivity contribution in [1.82, 2.24) is 15.2 Å². The molecule has 1 fully saturated rings. The molecule has 0 unspecified atom stereocenters. The van der Waals surface area contributed by atoms with E-state index < -0.39 is 0 Å². The monoisotopic (exact) mass is 435 g/mol. The Morgan fingerprint density at radius 3 is 2.81 bits per heavy atom. The van der Waals surface area contributed by atoms with Gasteiger partial charge in [-0.1, -0.05) is 6.07 Å². The van der Waals surface area contributed by atoms with Crippen LogP contribution in [0.25, 0.3) is 10.8 Å². The molecule has 166 valence electrons. The number of nitrogens with zero attached hydrogens (tertiary/aromatic N) is 4. The van der Waals surface area contributed by atoms with Crippen molar-refractivity contribution in [3.05, 3.63) is 41.7 Å². The van der Waals surface area contributed by atoms with Gasteiger partial charge in [0.2, 0.25) is 6.79 Å². The van der Waals surface area contributed by atoms with Gasteiger partial charge >= 0.3 is 5.97 Å². The van der Waals surface area contributed by atoms with Crippen molar-refractivity contribution in [3.8, 4) is 11.5 Å². The Morgan fingerprint density at radius 2 is 2.00 bits per heavy atom. The molecule has 0 amide bonds. The van der Waals surface area contributed by atoms with Crippen LogP contribution in [0.2, 0.25) is 0 Å². The van der Waals surface area contributed by atoms with Crippen LogP contribution in [0, 0.1) is 5.92 Å². The maximum atomic E-state index is 12.1. The summed E-state index contributed by atoms with van der Waals surface area (Å²) >= 11 is 0. The number of pyridine rings is 1. The summed E-state index contributed by atoms with van der Waals surface area (Å²) in [7, 11) is 0. The maximum absolute atomic E-state index is 12.1. The predicted octanol–water partition coefficient (Wildman–Crippen LogP) is 2.71. The molecule has 0 aliphatic carbocycles. The van der Waals surface area contributed by atoms with E-state index in [1.54, 1.807) is 6.20 Å². The van der Waals surface area contributed by atoms with E-state index in [4.69, 9.17) is 19.9 Å². The van der Waals surface area contributed by atoms with Gasteiger partial charge in [-0.15, -0.1) is 5.10 Å². The first-order chi connectivity index (χ1) is 15.6. The first-order valence-corrected chi connectivity index (χ1v) is 10.8. The van der Waals surface area contributed by atoms with E-state index in [1.807, 2.05) is 31.2 Å². The van der Waals surface area contributed by atoms with Crippen LogP contribution in [0.5, 0.6) is 11.5 Å². The second-order valence-electron chi connectivity index (χ2n) is 7.97. The Morgan fingerprint density at radius 1 is 1.19 bits per heavy atom. The Labute approximate surface area is 185 Å². The number of carbonyl (C=O) groups excluding carboxylic acids is 1. The number of anilines is 2. The highest BCUT2D eigenvalue weighted by Crippen LogP contribution is 2.35. The van der Waals surface area contributed by atoms with Crippen molar-refractivity contribution in [1.29, 1.82) is 0 Å². The molecule has 1 saturated heterocycles. The van der Waals surface area contributed by atoms with Crippen LogP contribution in [-0.4, -0.2) is 47.6 Å². The quantitative estimate of drug-likeness (QED) is 0.604. The third-order valence-electron chi connectivity index (χ3n) is 6.00. The third kappa shape index (κ3) is 3.74. The summed E-state index contributed by atoms with van der Waals surface area (Å²) in [6.45, 7) is 3.84. The fourth-order valence-corrected chi connectivity index (χ4v) is 4.35. The van der Waals surface area contributed by atoms with Crippen molar-refractivity contribution in [2.75, 3.05) is 37.1 Å². The standard InChI is InChI=1S/C23H25N5O4/c1-2-30-23(29)15-6-9-28(10-7-15)22-20-16(5-8-25-21(20)24)17(26-27-22)11-14-3-4-18-19(12-14)32-13-31-18/h3-5,8,12,15H,2,6-7,9-11,13H2,1H3,(H2,24,25). The van der Waals surface area contributed by atoms with Crippen LogP contribution in [0.1, 0.15) is 31.0 Å². The van der Waals surface area contributed by atoms with E-state index in [1.165, 1.54) is 0 Å². The average Bonchev–Trinajstić information content (AvgIpc) is 3.28. The molecular formula is C23H25N5O4. The molecule has 2 aliphatic rings. The minimum atomic E-state index is -0.122. The number of benzene rings is 1. The lowest BCUT2D eigenvalue weighted by atomic mass is 9.96. The number of carbonyl (C=O) groups is 1. The number of nitrogen functional groups attached to an aromatic ring is 1. The number of piperidine rings is 1. The number of aromatic nitrogens is 3. The molecule has 0 saturated carbocycles. The largest absolute Gasteiger partial charge is 0.466 e. The summed E-state index contributed by atoms with van der Waals surface area (Å²) in [5, 5.41) is 10.8. The van der Waals surface area contributed by atoms with Gasteiger partial charge in [-0.25, -0.2) is 4.98 Å². The lowest BCUT2D eigenvalue weighted by Crippen LogP contribution is -2.37. The van der Waals surface area contributed by atoms with Crippen molar-refractivity contribution in [3.63, 3.8) is 0 Å². The third-order valence-corrected chi connectivity index (χ3v) is 6.00. The molecule has 0 spiro atoms. The molecule has 0 atom stereocenters. The minimum Gasteiger partial charge on any atom is -0.466 e. The smallest absolute Gasteiger partial charge is 0.309 e. The van der Waals surface area contributed by atoms with E-state index >= 15 is 0 Å². The molecule has 0 bridgehead atoms. The number of esters is 1. The topological polar surface area (TPSA) is 113 Å². The fraction of sp³-hybridized carbons (Fsp3) is 0.391. The summed E-state index contributed by atoms with van der Waals surface area (Å²) in [6.07, 6.45) is 3.69. The van der Waals surface area contributed by atoms with Crippen molar-refractivity contribution in [2.24, 2.45) is 5.92 Å². The fourth-order valence-electron chi connectivity index (χ4n) is 4.35. The zero-order chi connectivity index (χ0) is 22.1. The molecule has 5 rings (SSSR count). The number of hydrogen-bond donors (Lipinski definition) is 1. The second kappa shape index (κ2) is 8.49. The average molecular weight is 435 g/mol. The first kappa shape index (κ1) is 20.3. The number of nitrogens with two attached hydrogens (primary N) is 1.